The van der Waals surface area contributed by atoms with Gasteiger partial charge in [0.05, 0.1) is 0 Å². The topological polar surface area (TPSA) is 34.6 Å². The highest BCUT2D eigenvalue weighted by Gasteiger charge is 2.29. The Hall–Kier alpha value is -1.44. The van der Waals surface area contributed by atoms with Crippen LogP contribution in [0.5, 0.6) is 11.5 Å². The quantitative estimate of drug-likeness (QED) is 0.706. The fraction of sp³-hybridized carbons (Fsp3) is 0.500. The van der Waals surface area contributed by atoms with Crippen molar-refractivity contribution in [2.75, 3.05) is 26.3 Å². The summed E-state index contributed by atoms with van der Waals surface area (Å²) in [4.78, 5) is 6.84. The number of halogens is 1. The molecular formula is C22H31FN2O2S2. The maximum absolute atomic E-state index is 14.6. The van der Waals surface area contributed by atoms with E-state index in [4.69, 9.17) is 9.47 Å². The minimum atomic E-state index is -0.212. The van der Waals surface area contributed by atoms with Crippen molar-refractivity contribution < 1.29 is 13.9 Å². The molecule has 4 nitrogen and oxygen atoms in total. The number of benzene rings is 1. The summed E-state index contributed by atoms with van der Waals surface area (Å²) in [5, 5.41) is 0. The second kappa shape index (κ2) is 10.0. The highest BCUT2D eigenvalue weighted by Crippen LogP contribution is 2.37. The molecule has 1 fully saturated rings. The van der Waals surface area contributed by atoms with E-state index in [1.165, 1.54) is 11.6 Å². The molecule has 2 aliphatic heterocycles. The predicted octanol–water partition coefficient (Wildman–Crippen LogP) is 4.46. The Bertz CT molecular complexity index is 830. The van der Waals surface area contributed by atoms with Gasteiger partial charge in [-0.3, -0.25) is 9.88 Å². The van der Waals surface area contributed by atoms with Gasteiger partial charge in [0.2, 0.25) is 0 Å². The summed E-state index contributed by atoms with van der Waals surface area (Å²) >= 11 is 0. The number of fused-ring (bicyclic) bond motifs is 1. The van der Waals surface area contributed by atoms with Gasteiger partial charge in [-0.15, -0.1) is 0 Å². The number of hydrogen-bond donors (Lipinski definition) is 0. The first-order valence-corrected chi connectivity index (χ1v) is 9.77. The molecule has 2 aromatic rings. The molecule has 1 saturated heterocycles. The Kier molecular flexibility index (Phi) is 8.26. The molecule has 0 saturated carbocycles. The molecule has 0 unspecified atom stereocenters. The summed E-state index contributed by atoms with van der Waals surface area (Å²) in [6.45, 7) is 9.14. The molecule has 0 N–H and O–H groups in total. The van der Waals surface area contributed by atoms with E-state index in [-0.39, 0.29) is 38.9 Å². The summed E-state index contributed by atoms with van der Waals surface area (Å²) in [7, 11) is 0. The largest absolute Gasteiger partial charge is 0.486 e. The Labute approximate surface area is 186 Å². The SMILES string of the molecule is Cc1cc(C[C@H]2CCN([C@@H](C)c3cc4c(cc3F)OCCO4)C2)cc(C)n1.S.S. The first kappa shape index (κ1) is 23.8. The van der Waals surface area contributed by atoms with Crippen LogP contribution in [0.1, 0.15) is 41.9 Å². The second-order valence-corrected chi connectivity index (χ2v) is 7.81. The highest BCUT2D eigenvalue weighted by molar-refractivity contribution is 7.59. The van der Waals surface area contributed by atoms with Crippen LogP contribution in [0.3, 0.4) is 0 Å². The van der Waals surface area contributed by atoms with Crippen molar-refractivity contribution in [3.8, 4) is 11.5 Å². The Balaban J connectivity index is 0.00000150. The third-order valence-corrected chi connectivity index (χ3v) is 5.64. The Morgan fingerprint density at radius 1 is 1.07 bits per heavy atom. The number of hydrogen-bond acceptors (Lipinski definition) is 4. The third kappa shape index (κ3) is 5.38. The monoisotopic (exact) mass is 438 g/mol. The van der Waals surface area contributed by atoms with Crippen molar-refractivity contribution in [1.82, 2.24) is 9.88 Å². The number of aryl methyl sites for hydroxylation is 2. The zero-order valence-electron chi connectivity index (χ0n) is 17.3. The fourth-order valence-electron chi connectivity index (χ4n) is 4.35. The second-order valence-electron chi connectivity index (χ2n) is 7.81. The molecule has 3 heterocycles. The minimum Gasteiger partial charge on any atom is -0.486 e. The Morgan fingerprint density at radius 2 is 1.69 bits per heavy atom. The van der Waals surface area contributed by atoms with E-state index in [9.17, 15) is 4.39 Å². The van der Waals surface area contributed by atoms with Gasteiger partial charge in [0.25, 0.3) is 0 Å². The average molecular weight is 439 g/mol. The number of aromatic nitrogens is 1. The number of nitrogens with zero attached hydrogens (tertiary/aromatic N) is 2. The van der Waals surface area contributed by atoms with Crippen LogP contribution in [-0.2, 0) is 6.42 Å². The van der Waals surface area contributed by atoms with Crippen LogP contribution in [-0.4, -0.2) is 36.2 Å². The van der Waals surface area contributed by atoms with E-state index in [0.29, 0.717) is 36.2 Å². The molecule has 2 atom stereocenters. The Morgan fingerprint density at radius 3 is 2.34 bits per heavy atom. The molecule has 29 heavy (non-hydrogen) atoms. The van der Waals surface area contributed by atoms with Crippen LogP contribution in [0, 0.1) is 25.6 Å². The maximum Gasteiger partial charge on any atom is 0.164 e. The molecule has 0 bridgehead atoms. The van der Waals surface area contributed by atoms with Crippen molar-refractivity contribution in [2.24, 2.45) is 5.92 Å². The third-order valence-electron chi connectivity index (χ3n) is 5.64. The van der Waals surface area contributed by atoms with Crippen LogP contribution < -0.4 is 9.47 Å². The van der Waals surface area contributed by atoms with Gasteiger partial charge in [0, 0.05) is 35.6 Å². The number of ether oxygens (including phenoxy) is 2. The zero-order valence-corrected chi connectivity index (χ0v) is 19.3. The van der Waals surface area contributed by atoms with Crippen LogP contribution in [0.4, 0.5) is 4.39 Å². The molecule has 0 aliphatic carbocycles. The predicted molar refractivity (Wildman–Crippen MR) is 124 cm³/mol. The number of pyridine rings is 1. The number of rotatable bonds is 4. The molecule has 1 aromatic carbocycles. The fourth-order valence-corrected chi connectivity index (χ4v) is 4.35. The molecule has 1 aromatic heterocycles. The lowest BCUT2D eigenvalue weighted by molar-refractivity contribution is 0.169. The van der Waals surface area contributed by atoms with Gasteiger partial charge in [-0.05, 0) is 69.8 Å². The summed E-state index contributed by atoms with van der Waals surface area (Å²) in [6.07, 6.45) is 2.19. The van der Waals surface area contributed by atoms with E-state index in [0.717, 1.165) is 37.3 Å². The average Bonchev–Trinajstić information content (AvgIpc) is 3.08. The van der Waals surface area contributed by atoms with Crippen molar-refractivity contribution in [3.63, 3.8) is 0 Å². The van der Waals surface area contributed by atoms with Gasteiger partial charge in [-0.1, -0.05) is 0 Å². The highest BCUT2D eigenvalue weighted by atomic mass is 32.1. The van der Waals surface area contributed by atoms with E-state index >= 15 is 0 Å². The minimum absolute atomic E-state index is 0. The summed E-state index contributed by atoms with van der Waals surface area (Å²) < 4.78 is 25.8. The molecule has 2 aliphatic rings. The summed E-state index contributed by atoms with van der Waals surface area (Å²) in [5.74, 6) is 1.55. The maximum atomic E-state index is 14.6. The van der Waals surface area contributed by atoms with Gasteiger partial charge < -0.3 is 9.47 Å². The molecule has 0 radical (unpaired) electrons. The molecule has 7 heteroatoms. The van der Waals surface area contributed by atoms with Crippen LogP contribution in [0.15, 0.2) is 24.3 Å². The van der Waals surface area contributed by atoms with E-state index < -0.39 is 0 Å². The van der Waals surface area contributed by atoms with Crippen molar-refractivity contribution in [2.45, 2.75) is 39.7 Å². The van der Waals surface area contributed by atoms with Gasteiger partial charge in [-0.2, -0.15) is 27.0 Å². The van der Waals surface area contributed by atoms with Gasteiger partial charge in [0.15, 0.2) is 11.5 Å². The van der Waals surface area contributed by atoms with E-state index in [1.54, 1.807) is 0 Å². The van der Waals surface area contributed by atoms with Crippen LogP contribution >= 0.6 is 27.0 Å². The number of likely N-dealkylation sites (tertiary alicyclic amines) is 1. The van der Waals surface area contributed by atoms with Gasteiger partial charge in [-0.25, -0.2) is 4.39 Å². The molecule has 4 rings (SSSR count). The first-order chi connectivity index (χ1) is 13.0. The lowest BCUT2D eigenvalue weighted by Gasteiger charge is -2.27. The lowest BCUT2D eigenvalue weighted by Crippen LogP contribution is -2.26. The molecule has 160 valence electrons. The van der Waals surface area contributed by atoms with Crippen molar-refractivity contribution in [3.05, 3.63) is 52.6 Å². The molecule has 0 spiro atoms. The smallest absolute Gasteiger partial charge is 0.164 e. The first-order valence-electron chi connectivity index (χ1n) is 9.77. The van der Waals surface area contributed by atoms with Gasteiger partial charge >= 0.3 is 0 Å². The van der Waals surface area contributed by atoms with E-state index in [2.05, 4.69) is 28.9 Å². The van der Waals surface area contributed by atoms with Crippen LogP contribution in [0.25, 0.3) is 0 Å². The standard InChI is InChI=1S/C22H27FN2O2.2H2S/c1-14-8-18(9-15(2)24-14)10-17-4-5-25(13-17)16(3)19-11-21-22(12-20(19)23)27-7-6-26-21;;/h8-9,11-12,16-17H,4-7,10,13H2,1-3H3;2*1H2/t16-,17+;;/m0../s1. The van der Waals surface area contributed by atoms with Gasteiger partial charge in [0.1, 0.15) is 19.0 Å². The van der Waals surface area contributed by atoms with E-state index in [1.807, 2.05) is 19.9 Å². The lowest BCUT2D eigenvalue weighted by atomic mass is 9.98. The molecular weight excluding hydrogens is 407 g/mol. The normalized spacial score (nSPS) is 19.2. The summed E-state index contributed by atoms with van der Waals surface area (Å²) in [5.41, 5.74) is 4.19. The summed E-state index contributed by atoms with van der Waals surface area (Å²) in [6, 6.07) is 7.67. The van der Waals surface area contributed by atoms with Crippen molar-refractivity contribution in [1.29, 1.82) is 0 Å². The van der Waals surface area contributed by atoms with Crippen LogP contribution in [0.2, 0.25) is 0 Å². The van der Waals surface area contributed by atoms with Crippen molar-refractivity contribution >= 4 is 27.0 Å². The molecule has 0 amide bonds. The zero-order chi connectivity index (χ0) is 19.0.